The summed E-state index contributed by atoms with van der Waals surface area (Å²) < 4.78 is 10.8. The Bertz CT molecular complexity index is 1220. The van der Waals surface area contributed by atoms with Gasteiger partial charge in [0.15, 0.2) is 0 Å². The van der Waals surface area contributed by atoms with Crippen molar-refractivity contribution in [2.45, 2.75) is 38.0 Å². The summed E-state index contributed by atoms with van der Waals surface area (Å²) in [7, 11) is 3.09. The maximum atomic E-state index is 10.6. The molecule has 1 fully saturated rings. The highest BCUT2D eigenvalue weighted by Gasteiger charge is 2.40. The molecule has 2 aromatic carbocycles. The molecule has 4 rings (SSSR count). The summed E-state index contributed by atoms with van der Waals surface area (Å²) in [5, 5.41) is 15.7. The molecular formula is C26H30Cl2N4O3. The predicted octanol–water partition coefficient (Wildman–Crippen LogP) is 5.43. The van der Waals surface area contributed by atoms with Crippen molar-refractivity contribution >= 4 is 40.1 Å². The van der Waals surface area contributed by atoms with Crippen LogP contribution in [-0.2, 0) is 0 Å². The quantitative estimate of drug-likeness (QED) is 0.386. The monoisotopic (exact) mass is 516 g/mol. The summed E-state index contributed by atoms with van der Waals surface area (Å²) in [5.74, 6) is 1.50. The van der Waals surface area contributed by atoms with Gasteiger partial charge in [-0.05, 0) is 38.0 Å². The normalized spacial score (nSPS) is 18.6. The summed E-state index contributed by atoms with van der Waals surface area (Å²) in [6, 6.07) is 7.57. The number of hydrogen-bond donors (Lipinski definition) is 2. The number of ether oxygens (including phenoxy) is 2. The minimum Gasteiger partial charge on any atom is -0.495 e. The Morgan fingerprint density at radius 2 is 1.89 bits per heavy atom. The van der Waals surface area contributed by atoms with Crippen molar-refractivity contribution in [3.63, 3.8) is 0 Å². The second-order valence-corrected chi connectivity index (χ2v) is 10.00. The van der Waals surface area contributed by atoms with Gasteiger partial charge in [0.25, 0.3) is 0 Å². The maximum absolute atomic E-state index is 10.6. The first-order valence-electron chi connectivity index (χ1n) is 11.4. The lowest BCUT2D eigenvalue weighted by molar-refractivity contribution is 0.00137. The largest absolute Gasteiger partial charge is 0.495 e. The number of likely N-dealkylation sites (tertiary alicyclic amines) is 1. The fourth-order valence-electron chi connectivity index (χ4n) is 4.69. The Labute approximate surface area is 215 Å². The zero-order valence-corrected chi connectivity index (χ0v) is 21.8. The number of nitrogens with zero attached hydrogens (tertiary/aromatic N) is 3. The molecule has 1 aliphatic heterocycles. The number of nitrogens with one attached hydrogen (secondary N) is 1. The van der Waals surface area contributed by atoms with Crippen molar-refractivity contribution in [2.24, 2.45) is 0 Å². The third kappa shape index (κ3) is 5.19. The van der Waals surface area contributed by atoms with E-state index in [2.05, 4.69) is 21.8 Å². The molecule has 2 heterocycles. The van der Waals surface area contributed by atoms with Crippen molar-refractivity contribution in [3.8, 4) is 22.6 Å². The number of benzene rings is 2. The van der Waals surface area contributed by atoms with Gasteiger partial charge in [-0.25, -0.2) is 9.97 Å². The second-order valence-electron chi connectivity index (χ2n) is 9.24. The molecule has 2 atom stereocenters. The van der Waals surface area contributed by atoms with Crippen LogP contribution in [0.25, 0.3) is 22.0 Å². The Balaban J connectivity index is 1.61. The van der Waals surface area contributed by atoms with Crippen molar-refractivity contribution in [1.82, 2.24) is 14.9 Å². The molecule has 9 heteroatoms. The summed E-state index contributed by atoms with van der Waals surface area (Å²) in [4.78, 5) is 11.5. The van der Waals surface area contributed by atoms with Crippen LogP contribution in [0.15, 0.2) is 43.1 Å². The number of aromatic nitrogens is 2. The van der Waals surface area contributed by atoms with Crippen LogP contribution < -0.4 is 14.8 Å². The number of methoxy groups -OCH3 is 2. The number of hydrogen-bond acceptors (Lipinski definition) is 7. The van der Waals surface area contributed by atoms with Crippen LogP contribution in [0.1, 0.15) is 20.3 Å². The standard InChI is InChI=1S/C26H30Cl2N4O3/c1-6-9-32-14-17(11-21(32)26(2,3)33)30-25-29-13-16-10-15(7-8-18(16)31-25)22-23(27)19(34-4)12-20(35-5)24(22)28/h6-8,10,12-13,17,21,33H,1,9,11,14H2,2-5H3,(H,29,30,31)/t17-,21-/m1/s1. The second kappa shape index (κ2) is 10.2. The summed E-state index contributed by atoms with van der Waals surface area (Å²) >= 11 is 13.2. The van der Waals surface area contributed by atoms with E-state index in [1.54, 1.807) is 26.5 Å². The Kier molecular flexibility index (Phi) is 7.43. The van der Waals surface area contributed by atoms with Gasteiger partial charge in [0.1, 0.15) is 11.5 Å². The van der Waals surface area contributed by atoms with E-state index in [-0.39, 0.29) is 12.1 Å². The molecule has 0 saturated carbocycles. The highest BCUT2D eigenvalue weighted by Crippen LogP contribution is 2.46. The van der Waals surface area contributed by atoms with Gasteiger partial charge in [-0.1, -0.05) is 35.3 Å². The average Bonchev–Trinajstić information content (AvgIpc) is 3.22. The van der Waals surface area contributed by atoms with Crippen molar-refractivity contribution in [3.05, 3.63) is 53.2 Å². The molecular weight excluding hydrogens is 487 g/mol. The highest BCUT2D eigenvalue weighted by molar-refractivity contribution is 6.41. The van der Waals surface area contributed by atoms with E-state index in [9.17, 15) is 5.11 Å². The lowest BCUT2D eigenvalue weighted by atomic mass is 9.95. The van der Waals surface area contributed by atoms with Crippen LogP contribution in [0.3, 0.4) is 0 Å². The average molecular weight is 517 g/mol. The lowest BCUT2D eigenvalue weighted by Crippen LogP contribution is -2.45. The highest BCUT2D eigenvalue weighted by atomic mass is 35.5. The Morgan fingerprint density at radius 3 is 2.49 bits per heavy atom. The van der Waals surface area contributed by atoms with Gasteiger partial charge in [-0.3, -0.25) is 4.90 Å². The van der Waals surface area contributed by atoms with Gasteiger partial charge >= 0.3 is 0 Å². The van der Waals surface area contributed by atoms with Crippen molar-refractivity contribution in [2.75, 3.05) is 32.6 Å². The van der Waals surface area contributed by atoms with E-state index in [1.807, 2.05) is 38.1 Å². The first kappa shape index (κ1) is 25.5. The molecule has 0 unspecified atom stereocenters. The minimum atomic E-state index is -0.814. The van der Waals surface area contributed by atoms with Crippen LogP contribution in [0.5, 0.6) is 11.5 Å². The lowest BCUT2D eigenvalue weighted by Gasteiger charge is -2.32. The third-order valence-electron chi connectivity index (χ3n) is 6.36. The molecule has 186 valence electrons. The first-order chi connectivity index (χ1) is 16.7. The topological polar surface area (TPSA) is 79.7 Å². The van der Waals surface area contributed by atoms with Crippen LogP contribution in [0, 0.1) is 0 Å². The molecule has 1 saturated heterocycles. The zero-order chi connectivity index (χ0) is 25.3. The van der Waals surface area contributed by atoms with Gasteiger partial charge in [0.2, 0.25) is 5.95 Å². The van der Waals surface area contributed by atoms with Gasteiger partial charge < -0.3 is 19.9 Å². The zero-order valence-electron chi connectivity index (χ0n) is 20.3. The van der Waals surface area contributed by atoms with Crippen molar-refractivity contribution in [1.29, 1.82) is 0 Å². The predicted molar refractivity (Wildman–Crippen MR) is 142 cm³/mol. The van der Waals surface area contributed by atoms with Gasteiger partial charge in [0, 0.05) is 48.4 Å². The van der Waals surface area contributed by atoms with Crippen LogP contribution >= 0.6 is 23.2 Å². The van der Waals surface area contributed by atoms with E-state index in [1.165, 1.54) is 0 Å². The molecule has 1 aromatic heterocycles. The molecule has 0 aliphatic carbocycles. The number of aliphatic hydroxyl groups is 1. The minimum absolute atomic E-state index is 0.0235. The Morgan fingerprint density at radius 1 is 1.20 bits per heavy atom. The number of rotatable bonds is 8. The maximum Gasteiger partial charge on any atom is 0.223 e. The van der Waals surface area contributed by atoms with E-state index in [0.29, 0.717) is 39.6 Å². The van der Waals surface area contributed by atoms with Crippen molar-refractivity contribution < 1.29 is 14.6 Å². The van der Waals surface area contributed by atoms with Gasteiger partial charge in [-0.15, -0.1) is 6.58 Å². The molecule has 3 aromatic rings. The van der Waals surface area contributed by atoms with E-state index in [0.717, 1.165) is 29.4 Å². The summed E-state index contributed by atoms with van der Waals surface area (Å²) in [6.45, 7) is 9.02. The fraction of sp³-hybridized carbons (Fsp3) is 0.385. The molecule has 2 N–H and O–H groups in total. The molecule has 35 heavy (non-hydrogen) atoms. The molecule has 0 radical (unpaired) electrons. The van der Waals surface area contributed by atoms with Gasteiger partial charge in [-0.2, -0.15) is 0 Å². The molecule has 7 nitrogen and oxygen atoms in total. The SMILES string of the molecule is C=CCN1C[C@H](Nc2ncc3cc(-c4c(Cl)c(OC)cc(OC)c4Cl)ccc3n2)C[C@@H]1C(C)(C)O. The number of anilines is 1. The smallest absolute Gasteiger partial charge is 0.223 e. The van der Waals surface area contributed by atoms with Crippen LogP contribution in [0.4, 0.5) is 5.95 Å². The van der Waals surface area contributed by atoms with Gasteiger partial charge in [0.05, 0.1) is 35.4 Å². The molecule has 0 amide bonds. The molecule has 0 spiro atoms. The molecule has 1 aliphatic rings. The summed E-state index contributed by atoms with van der Waals surface area (Å²) in [6.07, 6.45) is 4.42. The van der Waals surface area contributed by atoms with E-state index < -0.39 is 5.60 Å². The summed E-state index contributed by atoms with van der Waals surface area (Å²) in [5.41, 5.74) is 1.40. The third-order valence-corrected chi connectivity index (χ3v) is 7.11. The van der Waals surface area contributed by atoms with E-state index >= 15 is 0 Å². The molecule has 0 bridgehead atoms. The fourth-order valence-corrected chi connectivity index (χ4v) is 5.41. The van der Waals surface area contributed by atoms with Crippen LogP contribution in [-0.4, -0.2) is 65.0 Å². The first-order valence-corrected chi connectivity index (χ1v) is 12.1. The van der Waals surface area contributed by atoms with E-state index in [4.69, 9.17) is 37.7 Å². The Hall–Kier alpha value is -2.58. The number of halogens is 2. The number of fused-ring (bicyclic) bond motifs is 1. The van der Waals surface area contributed by atoms with Crippen LogP contribution in [0.2, 0.25) is 10.0 Å².